The smallest absolute Gasteiger partial charge is 0.122 e. The molecule has 0 saturated heterocycles. The molecule has 137 heavy (non-hydrogen) atoms. The molecule has 2 heteroatoms. The average molecular weight is 1860 g/mol. The third-order valence-electron chi connectivity index (χ3n) is 38.8. The van der Waals surface area contributed by atoms with Crippen LogP contribution in [0.3, 0.4) is 0 Å². The van der Waals surface area contributed by atoms with Crippen LogP contribution in [0.4, 0.5) is 0 Å². The van der Waals surface area contributed by atoms with Gasteiger partial charge < -0.3 is 4.74 Å². The van der Waals surface area contributed by atoms with E-state index >= 15 is 0 Å². The zero-order valence-corrected chi connectivity index (χ0v) is 92.2. The maximum atomic E-state index is 6.37. The van der Waals surface area contributed by atoms with Crippen LogP contribution in [0.5, 0.6) is 5.75 Å². The van der Waals surface area contributed by atoms with Crippen molar-refractivity contribution in [1.82, 2.24) is 0 Å². The molecule has 6 fully saturated rings. The molecule has 10 aromatic carbocycles. The molecule has 0 radical (unpaired) electrons. The topological polar surface area (TPSA) is 9.23 Å². The molecule has 16 rings (SSSR count). The van der Waals surface area contributed by atoms with E-state index in [0.29, 0.717) is 37.9 Å². The second kappa shape index (κ2) is 48.4. The van der Waals surface area contributed by atoms with Crippen molar-refractivity contribution in [3.63, 3.8) is 0 Å². The molecule has 0 N–H and O–H groups in total. The van der Waals surface area contributed by atoms with E-state index in [4.69, 9.17) is 4.74 Å². The minimum atomic E-state index is 0.0248. The predicted molar refractivity (Wildman–Crippen MR) is 600 cm³/mol. The molecule has 0 bridgehead atoms. The van der Waals surface area contributed by atoms with Crippen LogP contribution in [0.15, 0.2) is 272 Å². The van der Waals surface area contributed by atoms with E-state index in [1.807, 2.05) is 11.8 Å². The fourth-order valence-electron chi connectivity index (χ4n) is 27.1. The van der Waals surface area contributed by atoms with Gasteiger partial charge in [0.25, 0.3) is 0 Å². The summed E-state index contributed by atoms with van der Waals surface area (Å²) in [6, 6.07) is 97.7. The Balaban J connectivity index is 0.000000158. The molecule has 0 aliphatic heterocycles. The van der Waals surface area contributed by atoms with E-state index < -0.39 is 0 Å². The molecular formula is C135H190OS. The van der Waals surface area contributed by atoms with E-state index in [-0.39, 0.29) is 37.9 Å². The van der Waals surface area contributed by atoms with Crippen LogP contribution < -0.4 is 4.74 Å². The Hall–Kier alpha value is -7.65. The number of thioether (sulfide) groups is 1. The molecule has 5 atom stereocenters. The van der Waals surface area contributed by atoms with Crippen LogP contribution in [0.25, 0.3) is 0 Å². The summed E-state index contributed by atoms with van der Waals surface area (Å²) in [5, 5.41) is 0. The van der Waals surface area contributed by atoms with Crippen molar-refractivity contribution < 1.29 is 4.74 Å². The van der Waals surface area contributed by atoms with Crippen LogP contribution in [-0.2, 0) is 45.3 Å². The summed E-state index contributed by atoms with van der Waals surface area (Å²) in [6.45, 7) is 59.0. The number of rotatable bonds is 27. The summed E-state index contributed by atoms with van der Waals surface area (Å²) in [7, 11) is 0. The van der Waals surface area contributed by atoms with Gasteiger partial charge in [-0.3, -0.25) is 0 Å². The minimum absolute atomic E-state index is 0.0248. The fraction of sp³-hybridized carbons (Fsp3) is 0.556. The highest BCUT2D eigenvalue weighted by molar-refractivity contribution is 7.99. The largest absolute Gasteiger partial charge is 0.492 e. The fourth-order valence-corrected chi connectivity index (χ4v) is 28.6. The molecule has 0 spiro atoms. The zero-order valence-electron chi connectivity index (χ0n) is 91.4. The van der Waals surface area contributed by atoms with Gasteiger partial charge in [-0.25, -0.2) is 0 Å². The molecular weight excluding hydrogens is 1670 g/mol. The Morgan fingerprint density at radius 1 is 0.263 bits per heavy atom. The van der Waals surface area contributed by atoms with Gasteiger partial charge in [-0.15, -0.1) is 11.8 Å². The Bertz CT molecular complexity index is 4960. The molecule has 6 saturated carbocycles. The Labute approximate surface area is 845 Å². The first-order valence-corrected chi connectivity index (χ1v) is 55.9. The highest BCUT2D eigenvalue weighted by Crippen LogP contribution is 2.61. The predicted octanol–water partition coefficient (Wildman–Crippen LogP) is 40.0. The van der Waals surface area contributed by atoms with E-state index in [1.54, 1.807) is 5.56 Å². The first-order chi connectivity index (χ1) is 65.1. The number of benzene rings is 10. The normalized spacial score (nSPS) is 20.6. The van der Waals surface area contributed by atoms with Gasteiger partial charge in [0.1, 0.15) is 5.75 Å². The number of aryl methyl sites for hydroxylation is 8. The van der Waals surface area contributed by atoms with Gasteiger partial charge in [-0.2, -0.15) is 0 Å². The van der Waals surface area contributed by atoms with Crippen LogP contribution in [-0.4, -0.2) is 12.4 Å². The second-order valence-corrected chi connectivity index (χ2v) is 50.7. The summed E-state index contributed by atoms with van der Waals surface area (Å²) < 4.78 is 6.37. The van der Waals surface area contributed by atoms with Crippen molar-refractivity contribution >= 4 is 11.8 Å². The number of hydrogen-bond acceptors (Lipinski definition) is 2. The lowest BCUT2D eigenvalue weighted by molar-refractivity contribution is 0.0198. The molecule has 0 heterocycles. The summed E-state index contributed by atoms with van der Waals surface area (Å²) in [4.78, 5) is 1.43. The number of ether oxygens (including phenoxy) is 1. The van der Waals surface area contributed by atoms with Gasteiger partial charge in [-0.1, -0.05) is 489 Å². The van der Waals surface area contributed by atoms with Gasteiger partial charge in [-0.05, 0) is 312 Å². The third-order valence-corrected chi connectivity index (χ3v) is 40.3. The van der Waals surface area contributed by atoms with Crippen LogP contribution in [0, 0.1) is 84.9 Å². The summed E-state index contributed by atoms with van der Waals surface area (Å²) >= 11 is 2.04. The highest BCUT2D eigenvalue weighted by atomic mass is 32.2. The molecule has 742 valence electrons. The van der Waals surface area contributed by atoms with Gasteiger partial charge >= 0.3 is 0 Å². The highest BCUT2D eigenvalue weighted by Gasteiger charge is 2.53. The van der Waals surface area contributed by atoms with Crippen molar-refractivity contribution in [3.05, 3.63) is 345 Å². The first-order valence-electron chi connectivity index (χ1n) is 54.9. The van der Waals surface area contributed by atoms with Crippen LogP contribution in [0.2, 0.25) is 0 Å². The first kappa shape index (κ1) is 110. The van der Waals surface area contributed by atoms with Crippen molar-refractivity contribution in [2.24, 2.45) is 43.3 Å². The van der Waals surface area contributed by atoms with E-state index in [2.05, 4.69) is 433 Å². The molecule has 6 aliphatic carbocycles. The lowest BCUT2D eigenvalue weighted by Crippen LogP contribution is -2.47. The Morgan fingerprint density at radius 3 is 0.978 bits per heavy atom. The van der Waals surface area contributed by atoms with Gasteiger partial charge in [0, 0.05) is 21.5 Å². The summed E-state index contributed by atoms with van der Waals surface area (Å²) in [5.41, 5.74) is 24.8. The summed E-state index contributed by atoms with van der Waals surface area (Å²) in [5.74, 6) is 2.16. The third kappa shape index (κ3) is 27.0. The van der Waals surface area contributed by atoms with Crippen molar-refractivity contribution in [2.75, 3.05) is 12.4 Å². The monoisotopic (exact) mass is 1860 g/mol. The van der Waals surface area contributed by atoms with Gasteiger partial charge in [0.05, 0.1) is 6.61 Å². The number of hydrogen-bond donors (Lipinski definition) is 0. The maximum absolute atomic E-state index is 6.37. The Morgan fingerprint density at radius 2 is 0.569 bits per heavy atom. The van der Waals surface area contributed by atoms with Crippen molar-refractivity contribution in [1.29, 1.82) is 0 Å². The molecule has 0 amide bonds. The quantitative estimate of drug-likeness (QED) is 0.0475. The van der Waals surface area contributed by atoms with Crippen LogP contribution in [0.1, 0.15) is 414 Å². The molecule has 10 aromatic rings. The lowest BCUT2D eigenvalue weighted by Gasteiger charge is -2.53. The zero-order chi connectivity index (χ0) is 98.9. The standard InChI is InChI=1S/C26H36.C24H32.C23H30O.C23H30S.C21H34.C18H28/c1-21-14-10-11-17-23(21)24(2,3)20-26(5,22-15-8-6-9-16-22)25(4)18-12-7-13-19-25;1-20-12-8-9-13-21(20)16-19-24(3,22-14-6-4-7-15-22)23(2)17-10-5-11-18-23;2*1-19-12-8-9-15-21(19)24-18-23(3,20-13-6-4-7-14-20)22(2)16-10-5-11-17-22;1-17-12-8-9-13-18(17)19(2,3)16-20(4,5)21(6)14-10-7-11-15-21;1-15-9-5-6-10-16(15)11-14-18(4)13-8-7-12-17(18,2)3/h6,8-11,14-17H,7,12-13,18-20H2,1-5H3;4,6-9,12-15H,5,10-11,16-19H2,1-3H3;2*4,6-9,12-15H,5,10-11,16-18H2,1-3H3;8-9,12-13H,7,10-11,14-16H2,1-6H3;5-6,9-10H,7-8,11-14H2,1-4H3/t26-;24-;2*23-;;18-/m1111.0/s1. The maximum Gasteiger partial charge on any atom is 0.122 e. The molecule has 0 aromatic heterocycles. The number of para-hydroxylation sites is 1. The lowest BCUT2D eigenvalue weighted by atomic mass is 9.51. The van der Waals surface area contributed by atoms with Crippen molar-refractivity contribution in [3.8, 4) is 5.75 Å². The van der Waals surface area contributed by atoms with E-state index in [9.17, 15) is 0 Å². The van der Waals surface area contributed by atoms with Crippen molar-refractivity contribution in [2.45, 2.75) is 428 Å². The van der Waals surface area contributed by atoms with E-state index in [1.165, 1.54) is 302 Å². The molecule has 6 aliphatic rings. The van der Waals surface area contributed by atoms with E-state index in [0.717, 1.165) is 18.1 Å². The minimum Gasteiger partial charge on any atom is -0.492 e. The molecule has 1 nitrogen and oxygen atoms in total. The average Bonchev–Trinajstić information content (AvgIpc) is 0.743. The van der Waals surface area contributed by atoms with Gasteiger partial charge in [0.2, 0.25) is 0 Å². The second-order valence-electron chi connectivity index (χ2n) is 49.6. The summed E-state index contributed by atoms with van der Waals surface area (Å²) in [6.07, 6.45) is 47.5. The van der Waals surface area contributed by atoms with Crippen LogP contribution >= 0.6 is 11.8 Å². The van der Waals surface area contributed by atoms with Gasteiger partial charge in [0.15, 0.2) is 0 Å². The Kier molecular flexibility index (Phi) is 38.8. The molecule has 0 unspecified atom stereocenters. The SMILES string of the molecule is Cc1ccccc1C(C)(C)CC(C)(C)C1(C)CCCCC1.Cc1ccccc1C(C)(C)C[C@](C)(c1ccccc1)C1(C)CCCCC1.Cc1ccccc1CC[C@](C)(c1ccccc1)C1(C)CCCCC1.Cc1ccccc1CC[C@]1(C)CCCCC1(C)C.Cc1ccccc1OC[C@](C)(c1ccccc1)C1(C)CCCCC1.Cc1ccccc1SC[C@](C)(c1ccccc1)C1(C)CCCCC1.